The van der Waals surface area contributed by atoms with Crippen LogP contribution in [0, 0.1) is 0 Å². The first-order chi connectivity index (χ1) is 6.80. The van der Waals surface area contributed by atoms with Gasteiger partial charge in [0.05, 0.1) is 26.4 Å². The summed E-state index contributed by atoms with van der Waals surface area (Å²) in [7, 11) is 1.60. The minimum Gasteiger partial charge on any atom is -0.497 e. The first-order valence-corrected chi connectivity index (χ1v) is 4.42. The summed E-state index contributed by atoms with van der Waals surface area (Å²) in [6.07, 6.45) is 0. The first-order valence-electron chi connectivity index (χ1n) is 4.42. The zero-order valence-corrected chi connectivity index (χ0v) is 8.10. The van der Waals surface area contributed by atoms with Crippen molar-refractivity contribution >= 4 is 5.69 Å². The molecule has 0 heterocycles. The molecule has 0 unspecified atom stereocenters. The lowest BCUT2D eigenvalue weighted by molar-refractivity contribution is 0.204. The van der Waals surface area contributed by atoms with E-state index in [9.17, 15) is 0 Å². The zero-order chi connectivity index (χ0) is 10.4. The number of rotatable bonds is 5. The number of hydrogen-bond donors (Lipinski definition) is 3. The van der Waals surface area contributed by atoms with Gasteiger partial charge in [-0.15, -0.1) is 0 Å². The van der Waals surface area contributed by atoms with E-state index in [4.69, 9.17) is 14.9 Å². The smallest absolute Gasteiger partial charge is 0.119 e. The SMILES string of the molecule is COc1ccc(NC(CO)CO)cc1. The van der Waals surface area contributed by atoms with Gasteiger partial charge >= 0.3 is 0 Å². The number of aliphatic hydroxyl groups excluding tert-OH is 2. The maximum absolute atomic E-state index is 8.84. The molecule has 4 heteroatoms. The predicted octanol–water partition coefficient (Wildman–Crippen LogP) is 0.460. The fraction of sp³-hybridized carbons (Fsp3) is 0.400. The number of aliphatic hydroxyl groups is 2. The Bertz CT molecular complexity index is 257. The van der Waals surface area contributed by atoms with Crippen LogP contribution in [0.2, 0.25) is 0 Å². The van der Waals surface area contributed by atoms with Crippen molar-refractivity contribution in [2.75, 3.05) is 25.6 Å². The van der Waals surface area contributed by atoms with Gasteiger partial charge in [0.2, 0.25) is 0 Å². The van der Waals surface area contributed by atoms with Gasteiger partial charge in [-0.1, -0.05) is 0 Å². The van der Waals surface area contributed by atoms with Gasteiger partial charge in [0.1, 0.15) is 5.75 Å². The molecule has 0 aliphatic rings. The number of benzene rings is 1. The standard InChI is InChI=1S/C10H15NO3/c1-14-10-4-2-8(3-5-10)11-9(6-12)7-13/h2-5,9,11-13H,6-7H2,1H3. The van der Waals surface area contributed by atoms with Crippen LogP contribution in [0.15, 0.2) is 24.3 Å². The first kappa shape index (κ1) is 10.8. The monoisotopic (exact) mass is 197 g/mol. The van der Waals surface area contributed by atoms with E-state index in [-0.39, 0.29) is 19.3 Å². The van der Waals surface area contributed by atoms with Gasteiger partial charge in [-0.2, -0.15) is 0 Å². The Kier molecular flexibility index (Phi) is 4.22. The summed E-state index contributed by atoms with van der Waals surface area (Å²) in [5, 5.41) is 20.7. The third kappa shape index (κ3) is 2.90. The zero-order valence-electron chi connectivity index (χ0n) is 8.10. The molecule has 0 aromatic heterocycles. The molecule has 0 saturated heterocycles. The number of methoxy groups -OCH3 is 1. The van der Waals surface area contributed by atoms with Crippen LogP contribution in [-0.2, 0) is 0 Å². The maximum Gasteiger partial charge on any atom is 0.119 e. The molecule has 78 valence electrons. The Labute approximate surface area is 83.1 Å². The summed E-state index contributed by atoms with van der Waals surface area (Å²) in [6.45, 7) is -0.189. The van der Waals surface area contributed by atoms with Crippen LogP contribution in [0.25, 0.3) is 0 Å². The summed E-state index contributed by atoms with van der Waals surface area (Å²) in [4.78, 5) is 0. The van der Waals surface area contributed by atoms with E-state index in [2.05, 4.69) is 5.32 Å². The highest BCUT2D eigenvalue weighted by atomic mass is 16.5. The summed E-state index contributed by atoms with van der Waals surface area (Å²) in [5.74, 6) is 0.778. The van der Waals surface area contributed by atoms with Crippen molar-refractivity contribution in [1.82, 2.24) is 0 Å². The Balaban J connectivity index is 2.58. The molecule has 0 spiro atoms. The fourth-order valence-electron chi connectivity index (χ4n) is 1.07. The normalized spacial score (nSPS) is 10.3. The molecule has 0 aliphatic carbocycles. The molecular formula is C10H15NO3. The summed E-state index contributed by atoms with van der Waals surface area (Å²) >= 11 is 0. The van der Waals surface area contributed by atoms with Crippen molar-refractivity contribution < 1.29 is 14.9 Å². The third-order valence-electron chi connectivity index (χ3n) is 1.90. The van der Waals surface area contributed by atoms with E-state index in [1.54, 1.807) is 7.11 Å². The average Bonchev–Trinajstić information content (AvgIpc) is 2.26. The number of ether oxygens (including phenoxy) is 1. The fourth-order valence-corrected chi connectivity index (χ4v) is 1.07. The highest BCUT2D eigenvalue weighted by Gasteiger charge is 2.04. The van der Waals surface area contributed by atoms with E-state index in [0.717, 1.165) is 11.4 Å². The largest absolute Gasteiger partial charge is 0.497 e. The van der Waals surface area contributed by atoms with Crippen molar-refractivity contribution in [1.29, 1.82) is 0 Å². The Morgan fingerprint density at radius 1 is 1.21 bits per heavy atom. The predicted molar refractivity (Wildman–Crippen MR) is 54.6 cm³/mol. The van der Waals surface area contributed by atoms with E-state index < -0.39 is 0 Å². The Hall–Kier alpha value is -1.26. The minimum atomic E-state index is -0.316. The molecule has 0 radical (unpaired) electrons. The minimum absolute atomic E-state index is 0.0947. The average molecular weight is 197 g/mol. The van der Waals surface area contributed by atoms with Crippen LogP contribution < -0.4 is 10.1 Å². The molecule has 1 aromatic rings. The number of nitrogens with one attached hydrogen (secondary N) is 1. The van der Waals surface area contributed by atoms with Crippen LogP contribution in [0.3, 0.4) is 0 Å². The topological polar surface area (TPSA) is 61.7 Å². The van der Waals surface area contributed by atoms with Crippen molar-refractivity contribution in [3.05, 3.63) is 24.3 Å². The van der Waals surface area contributed by atoms with Crippen LogP contribution in [0.4, 0.5) is 5.69 Å². The van der Waals surface area contributed by atoms with Gasteiger partial charge in [0.15, 0.2) is 0 Å². The molecule has 0 amide bonds. The molecule has 0 bridgehead atoms. The van der Waals surface area contributed by atoms with Crippen LogP contribution >= 0.6 is 0 Å². The molecule has 0 saturated carbocycles. The lowest BCUT2D eigenvalue weighted by Crippen LogP contribution is -2.27. The summed E-state index contributed by atoms with van der Waals surface area (Å²) in [5.41, 5.74) is 0.846. The van der Waals surface area contributed by atoms with Gasteiger partial charge in [-0.25, -0.2) is 0 Å². The van der Waals surface area contributed by atoms with Gasteiger partial charge in [-0.3, -0.25) is 0 Å². The molecule has 3 N–H and O–H groups in total. The van der Waals surface area contributed by atoms with Crippen molar-refractivity contribution in [2.24, 2.45) is 0 Å². The molecule has 4 nitrogen and oxygen atoms in total. The summed E-state index contributed by atoms with van der Waals surface area (Å²) < 4.78 is 5.00. The molecule has 0 fully saturated rings. The van der Waals surface area contributed by atoms with Gasteiger partial charge in [0.25, 0.3) is 0 Å². The number of anilines is 1. The second kappa shape index (κ2) is 5.47. The molecule has 0 aliphatic heterocycles. The van der Waals surface area contributed by atoms with Crippen LogP contribution in [0.5, 0.6) is 5.75 Å². The molecular weight excluding hydrogens is 182 g/mol. The van der Waals surface area contributed by atoms with Crippen molar-refractivity contribution in [2.45, 2.75) is 6.04 Å². The van der Waals surface area contributed by atoms with Crippen LogP contribution in [0.1, 0.15) is 0 Å². The highest BCUT2D eigenvalue weighted by molar-refractivity contribution is 5.47. The lowest BCUT2D eigenvalue weighted by atomic mass is 10.2. The lowest BCUT2D eigenvalue weighted by Gasteiger charge is -2.14. The van der Waals surface area contributed by atoms with E-state index in [1.165, 1.54) is 0 Å². The molecule has 1 aromatic carbocycles. The van der Waals surface area contributed by atoms with Gasteiger partial charge in [0, 0.05) is 5.69 Å². The van der Waals surface area contributed by atoms with Crippen molar-refractivity contribution in [3.8, 4) is 5.75 Å². The second-order valence-electron chi connectivity index (χ2n) is 2.93. The Morgan fingerprint density at radius 3 is 2.21 bits per heavy atom. The van der Waals surface area contributed by atoms with E-state index in [0.29, 0.717) is 0 Å². The van der Waals surface area contributed by atoms with Crippen LogP contribution in [-0.4, -0.2) is 36.6 Å². The Morgan fingerprint density at radius 2 is 1.79 bits per heavy atom. The van der Waals surface area contributed by atoms with E-state index >= 15 is 0 Å². The van der Waals surface area contributed by atoms with Gasteiger partial charge < -0.3 is 20.3 Å². The molecule has 0 atom stereocenters. The number of hydrogen-bond acceptors (Lipinski definition) is 4. The van der Waals surface area contributed by atoms with Crippen molar-refractivity contribution in [3.63, 3.8) is 0 Å². The third-order valence-corrected chi connectivity index (χ3v) is 1.90. The quantitative estimate of drug-likeness (QED) is 0.641. The van der Waals surface area contributed by atoms with Gasteiger partial charge in [-0.05, 0) is 24.3 Å². The molecule has 14 heavy (non-hydrogen) atoms. The second-order valence-corrected chi connectivity index (χ2v) is 2.93. The summed E-state index contributed by atoms with van der Waals surface area (Å²) in [6, 6.07) is 6.97. The highest BCUT2D eigenvalue weighted by Crippen LogP contribution is 2.15. The van der Waals surface area contributed by atoms with E-state index in [1.807, 2.05) is 24.3 Å². The maximum atomic E-state index is 8.84. The molecule has 1 rings (SSSR count).